The van der Waals surface area contributed by atoms with Crippen LogP contribution in [0.3, 0.4) is 0 Å². The van der Waals surface area contributed by atoms with Gasteiger partial charge in [0, 0.05) is 31.8 Å². The van der Waals surface area contributed by atoms with Gasteiger partial charge >= 0.3 is 5.97 Å². The highest BCUT2D eigenvalue weighted by Gasteiger charge is 2.18. The molecule has 2 aromatic rings. The van der Waals surface area contributed by atoms with E-state index in [-0.39, 0.29) is 12.0 Å². The second-order valence-electron chi connectivity index (χ2n) is 5.99. The van der Waals surface area contributed by atoms with Gasteiger partial charge in [-0.15, -0.1) is 0 Å². The van der Waals surface area contributed by atoms with Crippen molar-refractivity contribution in [3.05, 3.63) is 47.5 Å². The average molecular weight is 367 g/mol. The van der Waals surface area contributed by atoms with Crippen LogP contribution in [0.4, 0.5) is 17.1 Å². The minimum absolute atomic E-state index is 0.0641. The first-order valence-corrected chi connectivity index (χ1v) is 8.03. The summed E-state index contributed by atoms with van der Waals surface area (Å²) in [6.07, 6.45) is 1.31. The summed E-state index contributed by atoms with van der Waals surface area (Å²) in [5.74, 6) is 5.29. The summed E-state index contributed by atoms with van der Waals surface area (Å²) >= 11 is 0. The van der Waals surface area contributed by atoms with Gasteiger partial charge in [0.05, 0.1) is 11.4 Å². The van der Waals surface area contributed by atoms with Crippen molar-refractivity contribution < 1.29 is 14.7 Å². The second-order valence-corrected chi connectivity index (χ2v) is 5.99. The molecular formula is C19H21N5O3. The molecule has 0 unspecified atom stereocenters. The van der Waals surface area contributed by atoms with Crippen LogP contribution in [0.25, 0.3) is 11.1 Å². The molecule has 6 N–H and O–H groups in total. The van der Waals surface area contributed by atoms with Crippen LogP contribution < -0.4 is 21.8 Å². The maximum Gasteiger partial charge on any atom is 0.343 e. The molecule has 0 saturated carbocycles. The van der Waals surface area contributed by atoms with Crippen molar-refractivity contribution in [3.8, 4) is 11.1 Å². The lowest BCUT2D eigenvalue weighted by molar-refractivity contribution is -0.132. The number of carboxylic acids is 1. The summed E-state index contributed by atoms with van der Waals surface area (Å²) in [6.45, 7) is 0. The smallest absolute Gasteiger partial charge is 0.343 e. The van der Waals surface area contributed by atoms with Crippen LogP contribution in [0.15, 0.2) is 47.1 Å². The molecule has 0 heterocycles. The molecule has 27 heavy (non-hydrogen) atoms. The number of hydrogen-bond acceptors (Lipinski definition) is 6. The van der Waals surface area contributed by atoms with E-state index in [2.05, 4.69) is 10.4 Å². The fourth-order valence-corrected chi connectivity index (χ4v) is 2.81. The number of hydrazone groups is 1. The van der Waals surface area contributed by atoms with Gasteiger partial charge in [0.15, 0.2) is 0 Å². The van der Waals surface area contributed by atoms with Gasteiger partial charge in [-0.05, 0) is 23.3 Å². The van der Waals surface area contributed by atoms with Gasteiger partial charge in [-0.2, -0.15) is 5.10 Å². The van der Waals surface area contributed by atoms with Gasteiger partial charge in [-0.3, -0.25) is 0 Å². The standard InChI is InChI=1S/C19H21N5O3/c1-24(2)18-13(8-14(10-25)19(26)27)6-7-16(17(18)20)12-4-3-5-15(9-12)22-11-23-21/h3-7,9,11H,8,20-21H2,1-2H3,(H,22,23)(H,26,27). The lowest BCUT2D eigenvalue weighted by atomic mass is 9.96. The number of benzene rings is 2. The van der Waals surface area contributed by atoms with E-state index in [0.29, 0.717) is 16.9 Å². The molecule has 0 spiro atoms. The highest BCUT2D eigenvalue weighted by Crippen LogP contribution is 2.37. The fraction of sp³-hybridized carbons (Fsp3) is 0.158. The molecule has 0 atom stereocenters. The van der Waals surface area contributed by atoms with Gasteiger partial charge < -0.3 is 26.9 Å². The molecule has 0 fully saturated rings. The topological polar surface area (TPSA) is 134 Å². The molecule has 8 heteroatoms. The normalized spacial score (nSPS) is 10.4. The van der Waals surface area contributed by atoms with E-state index in [9.17, 15) is 9.59 Å². The Kier molecular flexibility index (Phi) is 6.19. The third-order valence-corrected chi connectivity index (χ3v) is 3.98. The first-order valence-electron chi connectivity index (χ1n) is 8.03. The molecule has 2 rings (SSSR count). The summed E-state index contributed by atoms with van der Waals surface area (Å²) in [5, 5.41) is 15.4. The van der Waals surface area contributed by atoms with Gasteiger partial charge in [-0.1, -0.05) is 24.3 Å². The van der Waals surface area contributed by atoms with Crippen LogP contribution in [0.2, 0.25) is 0 Å². The summed E-state index contributed by atoms with van der Waals surface area (Å²) in [7, 11) is 3.61. The molecule has 0 amide bonds. The van der Waals surface area contributed by atoms with Crippen molar-refractivity contribution in [2.45, 2.75) is 6.42 Å². The molecule has 0 aliphatic carbocycles. The Morgan fingerprint density at radius 3 is 2.67 bits per heavy atom. The monoisotopic (exact) mass is 367 g/mol. The van der Waals surface area contributed by atoms with Crippen molar-refractivity contribution in [3.63, 3.8) is 0 Å². The Morgan fingerprint density at radius 2 is 2.07 bits per heavy atom. The van der Waals surface area contributed by atoms with Gasteiger partial charge in [0.2, 0.25) is 0 Å². The van der Waals surface area contributed by atoms with E-state index in [0.717, 1.165) is 16.8 Å². The number of carbonyl (C=O) groups excluding carboxylic acids is 1. The Bertz CT molecular complexity index is 931. The van der Waals surface area contributed by atoms with Crippen LogP contribution in [-0.4, -0.2) is 37.5 Å². The van der Waals surface area contributed by atoms with Crippen LogP contribution in [0, 0.1) is 0 Å². The van der Waals surface area contributed by atoms with Crippen LogP contribution in [-0.2, 0) is 16.0 Å². The molecule has 140 valence electrons. The van der Waals surface area contributed by atoms with Gasteiger partial charge in [-0.25, -0.2) is 9.59 Å². The lowest BCUT2D eigenvalue weighted by Gasteiger charge is -2.22. The van der Waals surface area contributed by atoms with Crippen molar-refractivity contribution in [2.75, 3.05) is 30.0 Å². The lowest BCUT2D eigenvalue weighted by Crippen LogP contribution is -2.16. The predicted octanol–water partition coefficient (Wildman–Crippen LogP) is 1.70. The number of nitrogens with two attached hydrogens (primary N) is 2. The summed E-state index contributed by atoms with van der Waals surface area (Å²) in [4.78, 5) is 23.9. The molecule has 0 aliphatic rings. The number of nitrogen functional groups attached to an aromatic ring is 1. The Balaban J connectivity index is 2.53. The van der Waals surface area contributed by atoms with Crippen molar-refractivity contribution in [1.82, 2.24) is 0 Å². The molecular weight excluding hydrogens is 346 g/mol. The predicted molar refractivity (Wildman–Crippen MR) is 107 cm³/mol. The molecule has 0 aliphatic heterocycles. The second kappa shape index (κ2) is 8.55. The Morgan fingerprint density at radius 1 is 1.33 bits per heavy atom. The number of hydrogen-bond donors (Lipinski definition) is 4. The van der Waals surface area contributed by atoms with E-state index in [1.807, 2.05) is 24.3 Å². The third-order valence-electron chi connectivity index (χ3n) is 3.98. The largest absolute Gasteiger partial charge is 0.477 e. The van der Waals surface area contributed by atoms with Crippen molar-refractivity contribution in [1.29, 1.82) is 0 Å². The molecule has 0 aromatic heterocycles. The number of rotatable bonds is 7. The van der Waals surface area contributed by atoms with E-state index >= 15 is 0 Å². The highest BCUT2D eigenvalue weighted by atomic mass is 16.4. The van der Waals surface area contributed by atoms with Crippen molar-refractivity contribution in [2.24, 2.45) is 10.9 Å². The third kappa shape index (κ3) is 4.45. The summed E-state index contributed by atoms with van der Waals surface area (Å²) in [6, 6.07) is 11.1. The zero-order valence-electron chi connectivity index (χ0n) is 15.1. The van der Waals surface area contributed by atoms with E-state index < -0.39 is 5.97 Å². The molecule has 0 radical (unpaired) electrons. The van der Waals surface area contributed by atoms with Crippen molar-refractivity contribution >= 4 is 35.3 Å². The first kappa shape index (κ1) is 19.6. The van der Waals surface area contributed by atoms with E-state index in [1.165, 1.54) is 12.3 Å². The van der Waals surface area contributed by atoms with E-state index in [4.69, 9.17) is 16.7 Å². The van der Waals surface area contributed by atoms with Gasteiger partial charge in [0.1, 0.15) is 17.9 Å². The van der Waals surface area contributed by atoms with Crippen LogP contribution in [0.5, 0.6) is 0 Å². The fourth-order valence-electron chi connectivity index (χ4n) is 2.81. The number of carbonyl (C=O) groups is 1. The SMILES string of the molecule is CN(C)c1c(CC(=C=O)C(=O)O)ccc(-c2cccc(NC=NN)c2)c1N. The number of anilines is 3. The zero-order valence-corrected chi connectivity index (χ0v) is 15.1. The average Bonchev–Trinajstić information content (AvgIpc) is 2.64. The van der Waals surface area contributed by atoms with E-state index in [1.54, 1.807) is 31.1 Å². The molecule has 0 saturated heterocycles. The minimum Gasteiger partial charge on any atom is -0.477 e. The van der Waals surface area contributed by atoms with Gasteiger partial charge in [0.25, 0.3) is 0 Å². The number of nitrogens with one attached hydrogen (secondary N) is 1. The Labute approximate surface area is 156 Å². The first-order chi connectivity index (χ1) is 12.9. The zero-order chi connectivity index (χ0) is 20.0. The number of carboxylic acid groups (broad SMARTS) is 1. The van der Waals surface area contributed by atoms with Crippen LogP contribution in [0.1, 0.15) is 5.56 Å². The maximum absolute atomic E-state index is 11.1. The molecule has 2 aromatic carbocycles. The Hall–Kier alpha value is -3.77. The molecule has 8 nitrogen and oxygen atoms in total. The van der Waals surface area contributed by atoms with Crippen LogP contribution >= 0.6 is 0 Å². The quantitative estimate of drug-likeness (QED) is 0.111. The molecule has 0 bridgehead atoms. The number of aliphatic carboxylic acids is 1. The number of nitrogens with zero attached hydrogens (tertiary/aromatic N) is 2. The summed E-state index contributed by atoms with van der Waals surface area (Å²) < 4.78 is 0. The highest BCUT2D eigenvalue weighted by molar-refractivity contribution is 5.97. The summed E-state index contributed by atoms with van der Waals surface area (Å²) in [5.41, 5.74) is 10.2. The maximum atomic E-state index is 11.1. The minimum atomic E-state index is -1.29.